The van der Waals surface area contributed by atoms with Gasteiger partial charge in [0, 0.05) is 40.5 Å². The second-order valence-corrected chi connectivity index (χ2v) is 6.61. The first kappa shape index (κ1) is 25.5. The molecule has 1 rings (SSSR count). The second kappa shape index (κ2) is 11.0. The molecule has 31 heavy (non-hydrogen) atoms. The Morgan fingerprint density at radius 2 is 0.806 bits per heavy atom. The number of rotatable bonds is 7. The standard InChI is InChI=1S/C19H26N6O6/c1-7-9-15(30)25(16(31)10-8-2)19-21-17(23(11(3)26)12(4)27)20-18(22-19)24(13(5)28)14(6)29/h7-10H2,1-6H3. The van der Waals surface area contributed by atoms with Crippen molar-refractivity contribution in [3.05, 3.63) is 0 Å². The molecular weight excluding hydrogens is 408 g/mol. The summed E-state index contributed by atoms with van der Waals surface area (Å²) in [7, 11) is 0. The molecule has 0 bridgehead atoms. The summed E-state index contributed by atoms with van der Waals surface area (Å²) in [6.07, 6.45) is 0.856. The first-order valence-electron chi connectivity index (χ1n) is 9.70. The van der Waals surface area contributed by atoms with Gasteiger partial charge in [-0.1, -0.05) is 13.8 Å². The van der Waals surface area contributed by atoms with Gasteiger partial charge in [0.1, 0.15) is 0 Å². The Labute approximate surface area is 179 Å². The molecule has 1 heterocycles. The molecule has 6 amide bonds. The summed E-state index contributed by atoms with van der Waals surface area (Å²) < 4.78 is 0. The molecule has 0 aliphatic carbocycles. The van der Waals surface area contributed by atoms with E-state index in [0.29, 0.717) is 22.6 Å². The number of hydrogen-bond acceptors (Lipinski definition) is 9. The van der Waals surface area contributed by atoms with Gasteiger partial charge in [0.2, 0.25) is 53.3 Å². The molecule has 168 valence electrons. The molecule has 0 aromatic carbocycles. The minimum atomic E-state index is -0.751. The number of nitrogens with zero attached hydrogens (tertiary/aromatic N) is 6. The van der Waals surface area contributed by atoms with E-state index in [1.165, 1.54) is 0 Å². The molecule has 0 spiro atoms. The Bertz CT molecular complexity index is 819. The van der Waals surface area contributed by atoms with Gasteiger partial charge in [0.15, 0.2) is 0 Å². The molecule has 0 aliphatic rings. The SMILES string of the molecule is CCCC(=O)N(C(=O)CCC)c1nc(N(C(C)=O)C(C)=O)nc(N(C(C)=O)C(C)=O)n1. The van der Waals surface area contributed by atoms with Gasteiger partial charge in [-0.2, -0.15) is 15.0 Å². The van der Waals surface area contributed by atoms with Crippen LogP contribution in [0.5, 0.6) is 0 Å². The van der Waals surface area contributed by atoms with Crippen LogP contribution in [-0.4, -0.2) is 50.4 Å². The molecule has 0 fully saturated rings. The minimum absolute atomic E-state index is 0.00192. The van der Waals surface area contributed by atoms with E-state index in [2.05, 4.69) is 15.0 Å². The molecule has 0 radical (unpaired) electrons. The number of aromatic nitrogens is 3. The fraction of sp³-hybridized carbons (Fsp3) is 0.526. The molecule has 1 aromatic heterocycles. The van der Waals surface area contributed by atoms with E-state index in [9.17, 15) is 28.8 Å². The third kappa shape index (κ3) is 6.20. The third-order valence-corrected chi connectivity index (χ3v) is 3.89. The Morgan fingerprint density at radius 1 is 0.548 bits per heavy atom. The van der Waals surface area contributed by atoms with Crippen LogP contribution in [0.3, 0.4) is 0 Å². The van der Waals surface area contributed by atoms with Gasteiger partial charge in [-0.05, 0) is 12.8 Å². The van der Waals surface area contributed by atoms with Crippen LogP contribution in [0.1, 0.15) is 67.2 Å². The monoisotopic (exact) mass is 434 g/mol. The van der Waals surface area contributed by atoms with E-state index in [1.54, 1.807) is 13.8 Å². The summed E-state index contributed by atoms with van der Waals surface area (Å²) in [4.78, 5) is 87.1. The molecule has 12 heteroatoms. The van der Waals surface area contributed by atoms with Gasteiger partial charge in [-0.3, -0.25) is 28.8 Å². The average molecular weight is 434 g/mol. The lowest BCUT2D eigenvalue weighted by Gasteiger charge is -2.23. The predicted molar refractivity (Wildman–Crippen MR) is 110 cm³/mol. The topological polar surface area (TPSA) is 151 Å². The Morgan fingerprint density at radius 3 is 1.03 bits per heavy atom. The lowest BCUT2D eigenvalue weighted by atomic mass is 10.2. The smallest absolute Gasteiger partial charge is 0.245 e. The van der Waals surface area contributed by atoms with Crippen molar-refractivity contribution in [1.82, 2.24) is 15.0 Å². The van der Waals surface area contributed by atoms with E-state index in [-0.39, 0.29) is 12.8 Å². The number of anilines is 3. The third-order valence-electron chi connectivity index (χ3n) is 3.89. The van der Waals surface area contributed by atoms with Gasteiger partial charge >= 0.3 is 0 Å². The molecule has 12 nitrogen and oxygen atoms in total. The van der Waals surface area contributed by atoms with Crippen molar-refractivity contribution in [2.75, 3.05) is 14.7 Å². The number of imide groups is 3. The van der Waals surface area contributed by atoms with Crippen molar-refractivity contribution >= 4 is 53.3 Å². The molecule has 0 saturated carbocycles. The molecule has 0 saturated heterocycles. The van der Waals surface area contributed by atoms with Crippen molar-refractivity contribution in [1.29, 1.82) is 0 Å². The van der Waals surface area contributed by atoms with Crippen LogP contribution in [0.4, 0.5) is 17.8 Å². The molecular formula is C19H26N6O6. The molecule has 0 aliphatic heterocycles. The van der Waals surface area contributed by atoms with Crippen LogP contribution in [0, 0.1) is 0 Å². The van der Waals surface area contributed by atoms with Crippen molar-refractivity contribution in [3.8, 4) is 0 Å². The number of amides is 6. The molecule has 0 N–H and O–H groups in total. The Balaban J connectivity index is 3.87. The quantitative estimate of drug-likeness (QED) is 0.615. The van der Waals surface area contributed by atoms with Gasteiger partial charge in [-0.25, -0.2) is 14.7 Å². The first-order chi connectivity index (χ1) is 14.5. The average Bonchev–Trinajstić information content (AvgIpc) is 2.61. The largest absolute Gasteiger partial charge is 0.274 e. The maximum absolute atomic E-state index is 12.7. The highest BCUT2D eigenvalue weighted by Crippen LogP contribution is 2.22. The highest BCUT2D eigenvalue weighted by molar-refractivity contribution is 6.16. The zero-order chi connectivity index (χ0) is 23.9. The summed E-state index contributed by atoms with van der Waals surface area (Å²) in [5, 5.41) is 0. The fourth-order valence-electron chi connectivity index (χ4n) is 2.66. The van der Waals surface area contributed by atoms with Crippen LogP contribution in [0.2, 0.25) is 0 Å². The van der Waals surface area contributed by atoms with Crippen LogP contribution < -0.4 is 14.7 Å². The maximum atomic E-state index is 12.7. The van der Waals surface area contributed by atoms with Crippen LogP contribution in [0.25, 0.3) is 0 Å². The van der Waals surface area contributed by atoms with Crippen LogP contribution in [-0.2, 0) is 28.8 Å². The van der Waals surface area contributed by atoms with Crippen molar-refractivity contribution in [3.63, 3.8) is 0 Å². The van der Waals surface area contributed by atoms with E-state index in [4.69, 9.17) is 0 Å². The van der Waals surface area contributed by atoms with Crippen molar-refractivity contribution in [2.24, 2.45) is 0 Å². The van der Waals surface area contributed by atoms with E-state index >= 15 is 0 Å². The normalized spacial score (nSPS) is 10.3. The van der Waals surface area contributed by atoms with Gasteiger partial charge in [0.05, 0.1) is 0 Å². The van der Waals surface area contributed by atoms with Crippen LogP contribution in [0.15, 0.2) is 0 Å². The van der Waals surface area contributed by atoms with E-state index in [1.807, 2.05) is 0 Å². The number of carbonyl (C=O) groups excluding carboxylic acids is 6. The van der Waals surface area contributed by atoms with Gasteiger partial charge in [0.25, 0.3) is 0 Å². The highest BCUT2D eigenvalue weighted by atomic mass is 16.2. The van der Waals surface area contributed by atoms with Gasteiger partial charge in [-0.15, -0.1) is 0 Å². The zero-order valence-corrected chi connectivity index (χ0v) is 18.5. The van der Waals surface area contributed by atoms with E-state index < -0.39 is 53.3 Å². The molecule has 0 unspecified atom stereocenters. The first-order valence-corrected chi connectivity index (χ1v) is 9.70. The fourth-order valence-corrected chi connectivity index (χ4v) is 2.66. The lowest BCUT2D eigenvalue weighted by molar-refractivity contribution is -0.127. The predicted octanol–water partition coefficient (Wildman–Crippen LogP) is 1.13. The molecule has 1 aromatic rings. The highest BCUT2D eigenvalue weighted by Gasteiger charge is 2.31. The second-order valence-electron chi connectivity index (χ2n) is 6.61. The van der Waals surface area contributed by atoms with Crippen LogP contribution >= 0.6 is 0 Å². The Hall–Kier alpha value is -3.57. The number of hydrogen-bond donors (Lipinski definition) is 0. The zero-order valence-electron chi connectivity index (χ0n) is 18.5. The van der Waals surface area contributed by atoms with Gasteiger partial charge < -0.3 is 0 Å². The summed E-state index contributed by atoms with van der Waals surface area (Å²) in [6, 6.07) is 0. The summed E-state index contributed by atoms with van der Waals surface area (Å²) in [5.74, 6) is -5.76. The summed E-state index contributed by atoms with van der Waals surface area (Å²) >= 11 is 0. The molecule has 0 atom stereocenters. The lowest BCUT2D eigenvalue weighted by Crippen LogP contribution is -2.41. The number of carbonyl (C=O) groups is 6. The summed E-state index contributed by atoms with van der Waals surface area (Å²) in [6.45, 7) is 7.82. The Kier molecular flexibility index (Phi) is 9.03. The van der Waals surface area contributed by atoms with Crippen molar-refractivity contribution in [2.45, 2.75) is 67.2 Å². The summed E-state index contributed by atoms with van der Waals surface area (Å²) in [5.41, 5.74) is 0. The maximum Gasteiger partial charge on any atom is 0.245 e. The van der Waals surface area contributed by atoms with Crippen molar-refractivity contribution < 1.29 is 28.8 Å². The van der Waals surface area contributed by atoms with E-state index in [0.717, 1.165) is 32.6 Å². The minimum Gasteiger partial charge on any atom is -0.274 e.